The molecule has 4 rings (SSSR count). The molecule has 3 unspecified atom stereocenters. The van der Waals surface area contributed by atoms with Crippen LogP contribution in [0.2, 0.25) is 0 Å². The van der Waals surface area contributed by atoms with Gasteiger partial charge >= 0.3 is 5.97 Å². The van der Waals surface area contributed by atoms with Crippen molar-refractivity contribution in [2.45, 2.75) is 31.3 Å². The fraction of sp³-hybridized carbons (Fsp3) is 0.400. The molecule has 21 heavy (non-hydrogen) atoms. The van der Waals surface area contributed by atoms with Gasteiger partial charge in [-0.05, 0) is 36.8 Å². The lowest BCUT2D eigenvalue weighted by molar-refractivity contribution is -0.142. The van der Waals surface area contributed by atoms with Crippen molar-refractivity contribution in [3.63, 3.8) is 0 Å². The van der Waals surface area contributed by atoms with Crippen LogP contribution >= 0.6 is 11.3 Å². The third-order valence-electron chi connectivity index (χ3n) is 4.64. The maximum Gasteiger partial charge on any atom is 0.308 e. The second kappa shape index (κ2) is 4.53. The van der Waals surface area contributed by atoms with Crippen molar-refractivity contribution in [2.24, 2.45) is 5.92 Å². The summed E-state index contributed by atoms with van der Waals surface area (Å²) in [6.45, 7) is 0. The van der Waals surface area contributed by atoms with Crippen LogP contribution in [0.5, 0.6) is 0 Å². The number of fused-ring (bicyclic) bond motifs is 3. The van der Waals surface area contributed by atoms with Crippen LogP contribution in [-0.4, -0.2) is 39.0 Å². The summed E-state index contributed by atoms with van der Waals surface area (Å²) in [4.78, 5) is 30.1. The Morgan fingerprint density at radius 2 is 2.24 bits per heavy atom. The maximum atomic E-state index is 12.7. The summed E-state index contributed by atoms with van der Waals surface area (Å²) in [7, 11) is 0. The topological polar surface area (TPSA) is 70.5 Å². The average molecular weight is 302 g/mol. The second-order valence-corrected chi connectivity index (χ2v) is 6.67. The SMILES string of the molecule is O=C(O)C1CC2CCC1N2C(=O)c1cnc2ccsc2c1. The lowest BCUT2D eigenvalue weighted by atomic mass is 9.89. The van der Waals surface area contributed by atoms with Crippen LogP contribution in [0.1, 0.15) is 29.6 Å². The van der Waals surface area contributed by atoms with Crippen LogP contribution in [0.25, 0.3) is 10.2 Å². The molecule has 6 heteroatoms. The Morgan fingerprint density at radius 3 is 3.00 bits per heavy atom. The molecular formula is C15H14N2O3S. The number of nitrogens with zero attached hydrogens (tertiary/aromatic N) is 2. The molecule has 1 amide bonds. The molecule has 2 aliphatic rings. The van der Waals surface area contributed by atoms with Gasteiger partial charge in [-0.25, -0.2) is 0 Å². The Bertz CT molecular complexity index is 741. The van der Waals surface area contributed by atoms with Crippen molar-refractivity contribution < 1.29 is 14.7 Å². The van der Waals surface area contributed by atoms with E-state index in [9.17, 15) is 14.7 Å². The summed E-state index contributed by atoms with van der Waals surface area (Å²) in [6.07, 6.45) is 3.89. The van der Waals surface area contributed by atoms with E-state index >= 15 is 0 Å². The van der Waals surface area contributed by atoms with E-state index in [-0.39, 0.29) is 18.0 Å². The van der Waals surface area contributed by atoms with E-state index in [4.69, 9.17) is 0 Å². The molecule has 3 atom stereocenters. The number of carboxylic acids is 1. The number of rotatable bonds is 2. The Morgan fingerprint density at radius 1 is 1.38 bits per heavy atom. The largest absolute Gasteiger partial charge is 0.481 e. The Kier molecular flexibility index (Phi) is 2.75. The van der Waals surface area contributed by atoms with Crippen molar-refractivity contribution in [3.05, 3.63) is 29.3 Å². The van der Waals surface area contributed by atoms with Gasteiger partial charge in [-0.2, -0.15) is 0 Å². The number of hydrogen-bond donors (Lipinski definition) is 1. The van der Waals surface area contributed by atoms with Gasteiger partial charge < -0.3 is 10.0 Å². The Balaban J connectivity index is 1.67. The molecule has 108 valence electrons. The highest BCUT2D eigenvalue weighted by Gasteiger charge is 2.51. The minimum atomic E-state index is -0.785. The molecule has 4 heterocycles. The van der Waals surface area contributed by atoms with E-state index in [1.54, 1.807) is 22.4 Å². The molecule has 2 fully saturated rings. The summed E-state index contributed by atoms with van der Waals surface area (Å²) in [5, 5.41) is 11.2. The fourth-order valence-corrected chi connectivity index (χ4v) is 4.46. The summed E-state index contributed by atoms with van der Waals surface area (Å²) in [6, 6.07) is 3.71. The number of carboxylic acid groups (broad SMARTS) is 1. The molecule has 2 aromatic rings. The number of hydrogen-bond acceptors (Lipinski definition) is 4. The van der Waals surface area contributed by atoms with E-state index in [0.717, 1.165) is 23.1 Å². The number of amides is 1. The van der Waals surface area contributed by atoms with Gasteiger partial charge in [0.2, 0.25) is 0 Å². The van der Waals surface area contributed by atoms with E-state index in [1.165, 1.54) is 0 Å². The first-order chi connectivity index (χ1) is 10.1. The highest BCUT2D eigenvalue weighted by molar-refractivity contribution is 7.17. The van der Waals surface area contributed by atoms with E-state index < -0.39 is 11.9 Å². The standard InChI is InChI=1S/C15H14N2O3S/c18-14(8-5-13-11(16-7-8)3-4-21-13)17-9-1-2-12(17)10(6-9)15(19)20/h3-5,7,9-10,12H,1-2,6H2,(H,19,20). The van der Waals surface area contributed by atoms with Gasteiger partial charge in [0.25, 0.3) is 5.91 Å². The van der Waals surface area contributed by atoms with Gasteiger partial charge in [0, 0.05) is 18.3 Å². The van der Waals surface area contributed by atoms with Crippen LogP contribution in [0.4, 0.5) is 0 Å². The molecule has 2 saturated heterocycles. The molecule has 0 radical (unpaired) electrons. The summed E-state index contributed by atoms with van der Waals surface area (Å²) < 4.78 is 0.988. The summed E-state index contributed by atoms with van der Waals surface area (Å²) in [5.41, 5.74) is 1.46. The first-order valence-electron chi connectivity index (χ1n) is 7.04. The number of thiophene rings is 1. The quantitative estimate of drug-likeness (QED) is 0.924. The van der Waals surface area contributed by atoms with Crippen LogP contribution < -0.4 is 0 Å². The van der Waals surface area contributed by atoms with Crippen molar-refractivity contribution in [1.29, 1.82) is 0 Å². The van der Waals surface area contributed by atoms with Crippen LogP contribution in [0, 0.1) is 5.92 Å². The van der Waals surface area contributed by atoms with Crippen LogP contribution in [0.15, 0.2) is 23.7 Å². The lowest BCUT2D eigenvalue weighted by Gasteiger charge is -2.23. The molecule has 2 aliphatic heterocycles. The number of carbonyl (C=O) groups is 2. The van der Waals surface area contributed by atoms with E-state index in [1.807, 2.05) is 17.5 Å². The maximum absolute atomic E-state index is 12.7. The molecule has 5 nitrogen and oxygen atoms in total. The van der Waals surface area contributed by atoms with E-state index in [0.29, 0.717) is 12.0 Å². The number of aliphatic carboxylic acids is 1. The van der Waals surface area contributed by atoms with Gasteiger partial charge in [0.1, 0.15) is 0 Å². The Hall–Kier alpha value is -1.95. The van der Waals surface area contributed by atoms with Crippen molar-refractivity contribution in [1.82, 2.24) is 9.88 Å². The zero-order valence-electron chi connectivity index (χ0n) is 11.2. The molecule has 2 bridgehead atoms. The van der Waals surface area contributed by atoms with Crippen molar-refractivity contribution in [3.8, 4) is 0 Å². The van der Waals surface area contributed by atoms with Gasteiger partial charge in [0.05, 0.1) is 21.7 Å². The smallest absolute Gasteiger partial charge is 0.308 e. The Labute approximate surface area is 125 Å². The molecule has 0 aliphatic carbocycles. The molecule has 1 N–H and O–H groups in total. The zero-order valence-corrected chi connectivity index (χ0v) is 12.0. The molecule has 0 saturated carbocycles. The van der Waals surface area contributed by atoms with Gasteiger partial charge in [-0.3, -0.25) is 14.6 Å². The summed E-state index contributed by atoms with van der Waals surface area (Å²) in [5.74, 6) is -1.27. The van der Waals surface area contributed by atoms with Crippen molar-refractivity contribution in [2.75, 3.05) is 0 Å². The third-order valence-corrected chi connectivity index (χ3v) is 5.49. The number of carbonyl (C=O) groups excluding carboxylic acids is 1. The fourth-order valence-electron chi connectivity index (χ4n) is 3.68. The predicted octanol–water partition coefficient (Wildman–Crippen LogP) is 2.37. The van der Waals surface area contributed by atoms with Gasteiger partial charge in [-0.15, -0.1) is 11.3 Å². The predicted molar refractivity (Wildman–Crippen MR) is 78.3 cm³/mol. The highest BCUT2D eigenvalue weighted by Crippen LogP contribution is 2.42. The van der Waals surface area contributed by atoms with Crippen molar-refractivity contribution >= 4 is 33.4 Å². The minimum absolute atomic E-state index is 0.0719. The minimum Gasteiger partial charge on any atom is -0.481 e. The molecule has 0 spiro atoms. The first kappa shape index (κ1) is 12.8. The molecule has 0 aromatic carbocycles. The third kappa shape index (κ3) is 1.86. The van der Waals surface area contributed by atoms with Crippen LogP contribution in [0.3, 0.4) is 0 Å². The lowest BCUT2D eigenvalue weighted by Crippen LogP contribution is -2.37. The molecule has 2 aromatic heterocycles. The first-order valence-corrected chi connectivity index (χ1v) is 7.92. The monoisotopic (exact) mass is 302 g/mol. The molecular weight excluding hydrogens is 288 g/mol. The summed E-state index contributed by atoms with van der Waals surface area (Å²) >= 11 is 1.56. The van der Waals surface area contributed by atoms with E-state index in [2.05, 4.69) is 4.98 Å². The van der Waals surface area contributed by atoms with Crippen LogP contribution in [-0.2, 0) is 4.79 Å². The van der Waals surface area contributed by atoms with Gasteiger partial charge in [-0.1, -0.05) is 0 Å². The van der Waals surface area contributed by atoms with Gasteiger partial charge in [0.15, 0.2) is 0 Å². The number of aromatic nitrogens is 1. The normalized spacial score (nSPS) is 27.4. The second-order valence-electron chi connectivity index (χ2n) is 5.72. The number of pyridine rings is 1. The highest BCUT2D eigenvalue weighted by atomic mass is 32.1. The average Bonchev–Trinajstić information content (AvgIpc) is 3.19. The zero-order chi connectivity index (χ0) is 14.6.